The summed E-state index contributed by atoms with van der Waals surface area (Å²) in [7, 11) is 1.74. The molecule has 0 spiro atoms. The van der Waals surface area contributed by atoms with Gasteiger partial charge in [0.1, 0.15) is 5.56 Å². The molecule has 2 heterocycles. The maximum absolute atomic E-state index is 12.4. The number of hydrogen-bond acceptors (Lipinski definition) is 3. The third-order valence-electron chi connectivity index (χ3n) is 4.88. The molecule has 24 heavy (non-hydrogen) atoms. The Morgan fingerprint density at radius 3 is 2.75 bits per heavy atom. The molecule has 0 aliphatic carbocycles. The van der Waals surface area contributed by atoms with Crippen LogP contribution in [0.15, 0.2) is 10.9 Å². The number of rotatable bonds is 6. The Bertz CT molecular complexity index is 649. The van der Waals surface area contributed by atoms with Gasteiger partial charge in [-0.15, -0.1) is 0 Å². The van der Waals surface area contributed by atoms with E-state index in [0.29, 0.717) is 18.4 Å². The zero-order valence-electron chi connectivity index (χ0n) is 15.7. The van der Waals surface area contributed by atoms with Gasteiger partial charge in [0.25, 0.3) is 11.5 Å². The first-order chi connectivity index (χ1) is 11.3. The molecule has 5 heteroatoms. The molecule has 0 radical (unpaired) electrons. The number of amides is 1. The summed E-state index contributed by atoms with van der Waals surface area (Å²) >= 11 is 0. The van der Waals surface area contributed by atoms with Crippen molar-refractivity contribution in [2.24, 2.45) is 18.9 Å². The number of nitrogens with zero attached hydrogens (tertiary/aromatic N) is 2. The molecular formula is C19H31N3O2. The average molecular weight is 333 g/mol. The van der Waals surface area contributed by atoms with Gasteiger partial charge in [0, 0.05) is 32.4 Å². The first-order valence-electron chi connectivity index (χ1n) is 9.03. The minimum atomic E-state index is -0.247. The second-order valence-electron chi connectivity index (χ2n) is 7.42. The summed E-state index contributed by atoms with van der Waals surface area (Å²) < 4.78 is 1.60. The highest BCUT2D eigenvalue weighted by molar-refractivity contribution is 5.94. The number of aryl methyl sites for hydroxylation is 1. The Morgan fingerprint density at radius 1 is 1.42 bits per heavy atom. The molecule has 0 aromatic carbocycles. The van der Waals surface area contributed by atoms with Crippen LogP contribution in [0.25, 0.3) is 0 Å². The third-order valence-corrected chi connectivity index (χ3v) is 4.88. The molecular weight excluding hydrogens is 302 g/mol. The van der Waals surface area contributed by atoms with Crippen LogP contribution in [-0.2, 0) is 13.5 Å². The second-order valence-corrected chi connectivity index (χ2v) is 7.42. The molecule has 1 fully saturated rings. The summed E-state index contributed by atoms with van der Waals surface area (Å²) in [5, 5.41) is 2.97. The van der Waals surface area contributed by atoms with Crippen molar-refractivity contribution < 1.29 is 4.79 Å². The highest BCUT2D eigenvalue weighted by atomic mass is 16.2. The standard InChI is InChI=1S/C19H31N3O2/c1-6-17-14(4)9-16(19(24)21(17)5)18(23)20-10-15-7-8-22(12-15)11-13(2)3/h9,13,15H,6-8,10-12H2,1-5H3,(H,20,23)/t15-/m0/s1. The van der Waals surface area contributed by atoms with Crippen molar-refractivity contribution in [2.45, 2.75) is 40.5 Å². The molecule has 1 atom stereocenters. The van der Waals surface area contributed by atoms with Crippen LogP contribution in [0.3, 0.4) is 0 Å². The Kier molecular flexibility index (Phi) is 6.21. The molecule has 0 saturated carbocycles. The van der Waals surface area contributed by atoms with Crippen molar-refractivity contribution in [3.63, 3.8) is 0 Å². The number of nitrogens with one attached hydrogen (secondary N) is 1. The maximum Gasteiger partial charge on any atom is 0.263 e. The SMILES string of the molecule is CCc1c(C)cc(C(=O)NC[C@@H]2CCN(CC(C)C)C2)c(=O)n1C. The normalized spacial score (nSPS) is 18.3. The average Bonchev–Trinajstić information content (AvgIpc) is 2.95. The molecule has 1 amide bonds. The van der Waals surface area contributed by atoms with Crippen LogP contribution in [-0.4, -0.2) is 41.6 Å². The summed E-state index contributed by atoms with van der Waals surface area (Å²) in [5.74, 6) is 0.901. The van der Waals surface area contributed by atoms with E-state index in [2.05, 4.69) is 24.1 Å². The highest BCUT2D eigenvalue weighted by Gasteiger charge is 2.24. The molecule has 1 aliphatic heterocycles. The lowest BCUT2D eigenvalue weighted by molar-refractivity contribution is 0.0945. The lowest BCUT2D eigenvalue weighted by atomic mass is 10.1. The summed E-state index contributed by atoms with van der Waals surface area (Å²) in [5.41, 5.74) is 2.03. The van der Waals surface area contributed by atoms with Crippen LogP contribution in [0, 0.1) is 18.8 Å². The van der Waals surface area contributed by atoms with Crippen LogP contribution in [0.1, 0.15) is 48.8 Å². The molecule has 0 unspecified atom stereocenters. The lowest BCUT2D eigenvalue weighted by Crippen LogP contribution is -2.36. The fourth-order valence-electron chi connectivity index (χ4n) is 3.70. The Hall–Kier alpha value is -1.62. The zero-order chi connectivity index (χ0) is 17.9. The number of aromatic nitrogens is 1. The highest BCUT2D eigenvalue weighted by Crippen LogP contribution is 2.16. The number of hydrogen-bond donors (Lipinski definition) is 1. The van der Waals surface area contributed by atoms with E-state index >= 15 is 0 Å². The van der Waals surface area contributed by atoms with Crippen LogP contribution in [0.4, 0.5) is 0 Å². The number of pyridine rings is 1. The molecule has 2 rings (SSSR count). The zero-order valence-corrected chi connectivity index (χ0v) is 15.7. The molecule has 1 aromatic rings. The number of carbonyl (C=O) groups excluding carboxylic acids is 1. The van der Waals surface area contributed by atoms with Crippen LogP contribution < -0.4 is 10.9 Å². The Labute approximate surface area is 145 Å². The van der Waals surface area contributed by atoms with Crippen molar-refractivity contribution in [1.29, 1.82) is 0 Å². The van der Waals surface area contributed by atoms with Gasteiger partial charge in [-0.25, -0.2) is 0 Å². The molecule has 5 nitrogen and oxygen atoms in total. The third kappa shape index (κ3) is 4.26. The van der Waals surface area contributed by atoms with Crippen molar-refractivity contribution in [1.82, 2.24) is 14.8 Å². The van der Waals surface area contributed by atoms with Gasteiger partial charge >= 0.3 is 0 Å². The largest absolute Gasteiger partial charge is 0.352 e. The van der Waals surface area contributed by atoms with E-state index in [1.165, 1.54) is 0 Å². The van der Waals surface area contributed by atoms with Crippen LogP contribution in [0.2, 0.25) is 0 Å². The van der Waals surface area contributed by atoms with E-state index in [4.69, 9.17) is 0 Å². The van der Waals surface area contributed by atoms with Crippen molar-refractivity contribution in [2.75, 3.05) is 26.2 Å². The van der Waals surface area contributed by atoms with Crippen molar-refractivity contribution in [3.8, 4) is 0 Å². The number of likely N-dealkylation sites (tertiary alicyclic amines) is 1. The van der Waals surface area contributed by atoms with E-state index in [1.54, 1.807) is 17.7 Å². The molecule has 1 aliphatic rings. The van der Waals surface area contributed by atoms with Gasteiger partial charge in [-0.05, 0) is 49.8 Å². The van der Waals surface area contributed by atoms with Gasteiger partial charge in [-0.1, -0.05) is 20.8 Å². The molecule has 0 bridgehead atoms. The Morgan fingerprint density at radius 2 is 2.12 bits per heavy atom. The Balaban J connectivity index is 1.98. The van der Waals surface area contributed by atoms with Gasteiger partial charge < -0.3 is 14.8 Å². The minimum Gasteiger partial charge on any atom is -0.352 e. The van der Waals surface area contributed by atoms with Gasteiger partial charge in [-0.2, -0.15) is 0 Å². The van der Waals surface area contributed by atoms with E-state index in [-0.39, 0.29) is 17.0 Å². The van der Waals surface area contributed by atoms with E-state index in [1.807, 2.05) is 13.8 Å². The molecule has 134 valence electrons. The summed E-state index contributed by atoms with van der Waals surface area (Å²) in [6, 6.07) is 1.73. The van der Waals surface area contributed by atoms with Gasteiger partial charge in [0.05, 0.1) is 0 Å². The van der Waals surface area contributed by atoms with Crippen molar-refractivity contribution >= 4 is 5.91 Å². The quantitative estimate of drug-likeness (QED) is 0.866. The summed E-state index contributed by atoms with van der Waals surface area (Å²) in [4.78, 5) is 27.3. The maximum atomic E-state index is 12.4. The predicted molar refractivity (Wildman–Crippen MR) is 97.5 cm³/mol. The molecule has 1 aromatic heterocycles. The predicted octanol–water partition coefficient (Wildman–Crippen LogP) is 1.96. The van der Waals surface area contributed by atoms with Crippen LogP contribution >= 0.6 is 0 Å². The van der Waals surface area contributed by atoms with Gasteiger partial charge in [0.2, 0.25) is 0 Å². The van der Waals surface area contributed by atoms with Gasteiger partial charge in [0.15, 0.2) is 0 Å². The minimum absolute atomic E-state index is 0.206. The first kappa shape index (κ1) is 18.7. The van der Waals surface area contributed by atoms with Crippen LogP contribution in [0.5, 0.6) is 0 Å². The fraction of sp³-hybridized carbons (Fsp3) is 0.684. The fourth-order valence-corrected chi connectivity index (χ4v) is 3.70. The number of carbonyl (C=O) groups is 1. The lowest BCUT2D eigenvalue weighted by Gasteiger charge is -2.18. The summed E-state index contributed by atoms with van der Waals surface area (Å²) in [6.07, 6.45) is 1.89. The first-order valence-corrected chi connectivity index (χ1v) is 9.03. The van der Waals surface area contributed by atoms with E-state index < -0.39 is 0 Å². The molecule has 1 N–H and O–H groups in total. The van der Waals surface area contributed by atoms with E-state index in [9.17, 15) is 9.59 Å². The topological polar surface area (TPSA) is 54.3 Å². The summed E-state index contributed by atoms with van der Waals surface area (Å²) in [6.45, 7) is 12.3. The second kappa shape index (κ2) is 7.97. The monoisotopic (exact) mass is 333 g/mol. The molecule has 1 saturated heterocycles. The van der Waals surface area contributed by atoms with E-state index in [0.717, 1.165) is 43.7 Å². The van der Waals surface area contributed by atoms with Crippen molar-refractivity contribution in [3.05, 3.63) is 33.2 Å². The van der Waals surface area contributed by atoms with Gasteiger partial charge in [-0.3, -0.25) is 9.59 Å². The smallest absolute Gasteiger partial charge is 0.263 e.